The molecule has 0 aliphatic carbocycles. The van der Waals surface area contributed by atoms with Crippen molar-refractivity contribution in [1.82, 2.24) is 9.36 Å². The molecular weight excluding hydrogens is 246 g/mol. The van der Waals surface area contributed by atoms with Crippen LogP contribution in [0.25, 0.3) is 11.4 Å². The summed E-state index contributed by atoms with van der Waals surface area (Å²) in [6.07, 6.45) is 0. The van der Waals surface area contributed by atoms with Crippen LogP contribution in [0.1, 0.15) is 0 Å². The molecule has 8 heteroatoms. The van der Waals surface area contributed by atoms with E-state index in [1.165, 1.54) is 0 Å². The van der Waals surface area contributed by atoms with Gasteiger partial charge in [0.15, 0.2) is 34.2 Å². The molecular formula is C8H3F4N3S. The van der Waals surface area contributed by atoms with Gasteiger partial charge < -0.3 is 5.73 Å². The molecule has 0 fully saturated rings. The number of nitrogens with zero attached hydrogens (tertiary/aromatic N) is 2. The van der Waals surface area contributed by atoms with E-state index in [1.54, 1.807) is 0 Å². The second-order valence-corrected chi connectivity index (χ2v) is 3.58. The van der Waals surface area contributed by atoms with Crippen molar-refractivity contribution >= 4 is 16.7 Å². The first-order valence-corrected chi connectivity index (χ1v) is 4.70. The molecule has 84 valence electrons. The number of aromatic nitrogens is 2. The summed E-state index contributed by atoms with van der Waals surface area (Å²) < 4.78 is 55.7. The maximum Gasteiger partial charge on any atom is 0.200 e. The molecule has 0 unspecified atom stereocenters. The summed E-state index contributed by atoms with van der Waals surface area (Å²) in [5.41, 5.74) is 4.25. The minimum Gasteiger partial charge on any atom is -0.374 e. The molecule has 0 radical (unpaired) electrons. The lowest BCUT2D eigenvalue weighted by Gasteiger charge is -2.02. The third kappa shape index (κ3) is 1.60. The molecule has 16 heavy (non-hydrogen) atoms. The van der Waals surface area contributed by atoms with Gasteiger partial charge >= 0.3 is 0 Å². The fraction of sp³-hybridized carbons (Fsp3) is 0. The molecule has 0 bridgehead atoms. The highest BCUT2D eigenvalue weighted by Gasteiger charge is 2.23. The molecule has 0 aliphatic rings. The van der Waals surface area contributed by atoms with Crippen LogP contribution in [0.5, 0.6) is 0 Å². The van der Waals surface area contributed by atoms with Crippen LogP contribution in [-0.4, -0.2) is 9.36 Å². The van der Waals surface area contributed by atoms with Crippen LogP contribution in [0.15, 0.2) is 6.07 Å². The first-order chi connectivity index (χ1) is 7.50. The van der Waals surface area contributed by atoms with Gasteiger partial charge in [0.05, 0.1) is 5.56 Å². The lowest BCUT2D eigenvalue weighted by atomic mass is 10.1. The largest absolute Gasteiger partial charge is 0.374 e. The molecule has 0 aliphatic heterocycles. The Bertz CT molecular complexity index is 528. The van der Waals surface area contributed by atoms with Crippen molar-refractivity contribution in [3.05, 3.63) is 29.3 Å². The molecule has 0 atom stereocenters. The molecule has 0 saturated carbocycles. The standard InChI is InChI=1S/C8H3F4N3S/c9-2-1-3(10)6(12)4(5(2)11)7-14-8(13)16-15-7/h1H,(H2,13,14,15). The van der Waals surface area contributed by atoms with E-state index in [4.69, 9.17) is 5.73 Å². The van der Waals surface area contributed by atoms with Gasteiger partial charge in [0.25, 0.3) is 0 Å². The molecule has 2 N–H and O–H groups in total. The van der Waals surface area contributed by atoms with Gasteiger partial charge in [0, 0.05) is 17.6 Å². The predicted octanol–water partition coefficient (Wildman–Crippen LogP) is 2.34. The van der Waals surface area contributed by atoms with E-state index in [0.29, 0.717) is 11.5 Å². The van der Waals surface area contributed by atoms with E-state index >= 15 is 0 Å². The smallest absolute Gasteiger partial charge is 0.200 e. The van der Waals surface area contributed by atoms with Crippen molar-refractivity contribution < 1.29 is 17.6 Å². The molecule has 1 aromatic carbocycles. The number of halogens is 4. The van der Waals surface area contributed by atoms with Gasteiger partial charge in [0.1, 0.15) is 0 Å². The topological polar surface area (TPSA) is 51.8 Å². The summed E-state index contributed by atoms with van der Waals surface area (Å²) in [6, 6.07) is 0.115. The molecule has 2 rings (SSSR count). The highest BCUT2D eigenvalue weighted by molar-refractivity contribution is 7.09. The number of nitrogens with two attached hydrogens (primary N) is 1. The number of nitrogen functional groups attached to an aromatic ring is 1. The van der Waals surface area contributed by atoms with Crippen LogP contribution in [0.4, 0.5) is 22.7 Å². The van der Waals surface area contributed by atoms with Crippen molar-refractivity contribution in [3.8, 4) is 11.4 Å². The van der Waals surface area contributed by atoms with Crippen LogP contribution in [0.2, 0.25) is 0 Å². The zero-order valence-electron chi connectivity index (χ0n) is 7.47. The van der Waals surface area contributed by atoms with Crippen LogP contribution in [0, 0.1) is 23.3 Å². The number of hydrogen-bond donors (Lipinski definition) is 1. The summed E-state index contributed by atoms with van der Waals surface area (Å²) in [7, 11) is 0. The lowest BCUT2D eigenvalue weighted by molar-refractivity contribution is 0.457. The van der Waals surface area contributed by atoms with Crippen molar-refractivity contribution in [2.45, 2.75) is 0 Å². The molecule has 1 heterocycles. The van der Waals surface area contributed by atoms with E-state index in [1.807, 2.05) is 0 Å². The van der Waals surface area contributed by atoms with E-state index in [9.17, 15) is 17.6 Å². The SMILES string of the molecule is Nc1nc(-c2c(F)c(F)cc(F)c2F)ns1. The second kappa shape index (κ2) is 3.71. The van der Waals surface area contributed by atoms with Gasteiger partial charge in [-0.25, -0.2) is 17.6 Å². The van der Waals surface area contributed by atoms with Crippen LogP contribution < -0.4 is 5.73 Å². The maximum absolute atomic E-state index is 13.2. The summed E-state index contributed by atoms with van der Waals surface area (Å²) in [6.45, 7) is 0. The zero-order valence-corrected chi connectivity index (χ0v) is 8.29. The maximum atomic E-state index is 13.2. The second-order valence-electron chi connectivity index (χ2n) is 2.80. The average molecular weight is 249 g/mol. The Morgan fingerprint density at radius 2 is 1.62 bits per heavy atom. The highest BCUT2D eigenvalue weighted by atomic mass is 32.1. The lowest BCUT2D eigenvalue weighted by Crippen LogP contribution is -1.99. The van der Waals surface area contributed by atoms with Crippen molar-refractivity contribution in [2.75, 3.05) is 5.73 Å². The Kier molecular flexibility index (Phi) is 2.50. The molecule has 0 spiro atoms. The summed E-state index contributed by atoms with van der Waals surface area (Å²) in [4.78, 5) is 3.46. The molecule has 2 aromatic rings. The Morgan fingerprint density at radius 1 is 1.06 bits per heavy atom. The average Bonchev–Trinajstić information content (AvgIpc) is 2.62. The normalized spacial score (nSPS) is 10.8. The molecule has 0 saturated heterocycles. The van der Waals surface area contributed by atoms with Crippen LogP contribution in [0.3, 0.4) is 0 Å². The van der Waals surface area contributed by atoms with Crippen molar-refractivity contribution in [3.63, 3.8) is 0 Å². The van der Waals surface area contributed by atoms with Crippen LogP contribution >= 0.6 is 11.5 Å². The first-order valence-electron chi connectivity index (χ1n) is 3.93. The number of benzene rings is 1. The molecule has 0 amide bonds. The van der Waals surface area contributed by atoms with Crippen molar-refractivity contribution in [1.29, 1.82) is 0 Å². The van der Waals surface area contributed by atoms with E-state index < -0.39 is 34.7 Å². The quantitative estimate of drug-likeness (QED) is 0.623. The van der Waals surface area contributed by atoms with Gasteiger partial charge in [-0.05, 0) is 0 Å². The summed E-state index contributed by atoms with van der Waals surface area (Å²) in [5, 5.41) is -0.0570. The Balaban J connectivity index is 2.73. The Morgan fingerprint density at radius 3 is 2.06 bits per heavy atom. The molecule has 1 aromatic heterocycles. The Labute approximate surface area is 90.7 Å². The van der Waals surface area contributed by atoms with Gasteiger partial charge in [0.2, 0.25) is 0 Å². The highest BCUT2D eigenvalue weighted by Crippen LogP contribution is 2.28. The third-order valence-electron chi connectivity index (χ3n) is 1.78. The minimum absolute atomic E-state index is 0.0570. The number of rotatable bonds is 1. The predicted molar refractivity (Wildman–Crippen MR) is 49.6 cm³/mol. The zero-order chi connectivity index (χ0) is 11.9. The van der Waals surface area contributed by atoms with E-state index in [0.717, 1.165) is 0 Å². The van der Waals surface area contributed by atoms with Crippen molar-refractivity contribution in [2.24, 2.45) is 0 Å². The fourth-order valence-electron chi connectivity index (χ4n) is 1.11. The summed E-state index contributed by atoms with van der Waals surface area (Å²) >= 11 is 0.667. The van der Waals surface area contributed by atoms with E-state index in [2.05, 4.69) is 9.36 Å². The number of hydrogen-bond acceptors (Lipinski definition) is 4. The molecule has 3 nitrogen and oxygen atoms in total. The van der Waals surface area contributed by atoms with Gasteiger partial charge in [-0.3, -0.25) is 0 Å². The fourth-order valence-corrected chi connectivity index (χ4v) is 1.55. The summed E-state index contributed by atoms with van der Waals surface area (Å²) in [5.74, 6) is -6.59. The number of anilines is 1. The minimum atomic E-state index is -1.54. The van der Waals surface area contributed by atoms with Crippen LogP contribution in [-0.2, 0) is 0 Å². The monoisotopic (exact) mass is 249 g/mol. The van der Waals surface area contributed by atoms with E-state index in [-0.39, 0.29) is 11.2 Å². The van der Waals surface area contributed by atoms with Gasteiger partial charge in [-0.1, -0.05) is 0 Å². The van der Waals surface area contributed by atoms with Gasteiger partial charge in [-0.2, -0.15) is 9.36 Å². The van der Waals surface area contributed by atoms with Gasteiger partial charge in [-0.15, -0.1) is 0 Å². The first kappa shape index (κ1) is 10.8. The third-order valence-corrected chi connectivity index (χ3v) is 2.32. The Hall–Kier alpha value is -1.70.